The van der Waals surface area contributed by atoms with Gasteiger partial charge in [0.25, 0.3) is 0 Å². The van der Waals surface area contributed by atoms with Crippen LogP contribution >= 0.6 is 0 Å². The number of ether oxygens (including phenoxy) is 1. The minimum atomic E-state index is -0.564. The second-order valence-electron chi connectivity index (χ2n) is 2.92. The van der Waals surface area contributed by atoms with Crippen molar-refractivity contribution in [3.8, 4) is 6.01 Å². The number of nitrogens with one attached hydrogen (secondary N) is 1. The van der Waals surface area contributed by atoms with Gasteiger partial charge in [-0.3, -0.25) is 0 Å². The van der Waals surface area contributed by atoms with Crippen molar-refractivity contribution in [3.05, 3.63) is 11.9 Å². The number of aliphatic hydroxyl groups excluding tert-OH is 1. The third kappa shape index (κ3) is 2.56. The molecule has 0 amide bonds. The van der Waals surface area contributed by atoms with Gasteiger partial charge < -0.3 is 15.2 Å². The van der Waals surface area contributed by atoms with E-state index in [4.69, 9.17) is 4.74 Å². The Bertz CT molecular complexity index is 304. The van der Waals surface area contributed by atoms with E-state index in [0.717, 1.165) is 11.4 Å². The fourth-order valence-corrected chi connectivity index (χ4v) is 0.967. The molecule has 5 heteroatoms. The predicted octanol–water partition coefficient (Wildman–Crippen LogP) is 0.934. The highest BCUT2D eigenvalue weighted by molar-refractivity contribution is 5.45. The van der Waals surface area contributed by atoms with Gasteiger partial charge in [-0.25, -0.2) is 4.98 Å². The molecular formula is C9H15N3O2. The van der Waals surface area contributed by atoms with Crippen LogP contribution in [0.5, 0.6) is 6.01 Å². The SMILES string of the molecule is CCC(O)Nc1cnc(OC)nc1C. The van der Waals surface area contributed by atoms with Gasteiger partial charge in [0.15, 0.2) is 0 Å². The smallest absolute Gasteiger partial charge is 0.316 e. The molecule has 0 saturated heterocycles. The van der Waals surface area contributed by atoms with E-state index in [1.54, 1.807) is 6.20 Å². The molecule has 0 aliphatic heterocycles. The summed E-state index contributed by atoms with van der Waals surface area (Å²) in [6.07, 6.45) is 1.66. The van der Waals surface area contributed by atoms with Crippen molar-refractivity contribution in [2.24, 2.45) is 0 Å². The zero-order chi connectivity index (χ0) is 10.6. The fourth-order valence-electron chi connectivity index (χ4n) is 0.967. The summed E-state index contributed by atoms with van der Waals surface area (Å²) < 4.78 is 4.87. The van der Waals surface area contributed by atoms with Crippen LogP contribution in [0.3, 0.4) is 0 Å². The number of rotatable bonds is 4. The standard InChI is InChI=1S/C9H15N3O2/c1-4-8(13)12-7-5-10-9(14-3)11-6(7)2/h5,8,12-13H,4H2,1-3H3. The molecule has 1 heterocycles. The van der Waals surface area contributed by atoms with Crippen LogP contribution in [-0.2, 0) is 0 Å². The molecule has 78 valence electrons. The van der Waals surface area contributed by atoms with E-state index >= 15 is 0 Å². The first-order valence-electron chi connectivity index (χ1n) is 4.49. The highest BCUT2D eigenvalue weighted by Gasteiger charge is 2.06. The number of aliphatic hydroxyl groups is 1. The molecule has 0 saturated carbocycles. The van der Waals surface area contributed by atoms with Crippen molar-refractivity contribution in [2.75, 3.05) is 12.4 Å². The van der Waals surface area contributed by atoms with Crippen LogP contribution in [0, 0.1) is 6.92 Å². The zero-order valence-corrected chi connectivity index (χ0v) is 8.61. The Balaban J connectivity index is 2.78. The van der Waals surface area contributed by atoms with E-state index in [1.165, 1.54) is 7.11 Å². The molecule has 0 aliphatic carbocycles. The maximum atomic E-state index is 9.36. The molecule has 1 atom stereocenters. The summed E-state index contributed by atoms with van der Waals surface area (Å²) in [7, 11) is 1.52. The summed E-state index contributed by atoms with van der Waals surface area (Å²) in [6.45, 7) is 3.71. The Labute approximate surface area is 83.2 Å². The van der Waals surface area contributed by atoms with E-state index in [1.807, 2.05) is 13.8 Å². The van der Waals surface area contributed by atoms with Crippen molar-refractivity contribution in [1.82, 2.24) is 9.97 Å². The van der Waals surface area contributed by atoms with Gasteiger partial charge in [0.05, 0.1) is 24.7 Å². The Kier molecular flexibility index (Phi) is 3.64. The molecule has 1 rings (SSSR count). The van der Waals surface area contributed by atoms with E-state index < -0.39 is 6.23 Å². The van der Waals surface area contributed by atoms with Crippen molar-refractivity contribution in [2.45, 2.75) is 26.5 Å². The molecule has 1 unspecified atom stereocenters. The van der Waals surface area contributed by atoms with Gasteiger partial charge in [-0.05, 0) is 13.3 Å². The topological polar surface area (TPSA) is 67.3 Å². The van der Waals surface area contributed by atoms with E-state index in [9.17, 15) is 5.11 Å². The molecule has 1 aromatic rings. The first kappa shape index (κ1) is 10.7. The maximum Gasteiger partial charge on any atom is 0.316 e. The average Bonchev–Trinajstić information content (AvgIpc) is 2.20. The van der Waals surface area contributed by atoms with E-state index in [2.05, 4.69) is 15.3 Å². The van der Waals surface area contributed by atoms with Crippen LogP contribution in [-0.4, -0.2) is 28.4 Å². The lowest BCUT2D eigenvalue weighted by Crippen LogP contribution is -2.18. The Hall–Kier alpha value is -1.36. The number of nitrogens with zero attached hydrogens (tertiary/aromatic N) is 2. The van der Waals surface area contributed by atoms with Crippen molar-refractivity contribution >= 4 is 5.69 Å². The summed E-state index contributed by atoms with van der Waals surface area (Å²) in [4.78, 5) is 8.01. The van der Waals surface area contributed by atoms with Gasteiger partial charge in [-0.15, -0.1) is 0 Å². The molecule has 0 aliphatic rings. The van der Waals surface area contributed by atoms with Crippen molar-refractivity contribution in [3.63, 3.8) is 0 Å². The third-order valence-electron chi connectivity index (χ3n) is 1.85. The first-order valence-corrected chi connectivity index (χ1v) is 4.49. The van der Waals surface area contributed by atoms with E-state index in [0.29, 0.717) is 12.4 Å². The first-order chi connectivity index (χ1) is 6.67. The molecule has 2 N–H and O–H groups in total. The van der Waals surface area contributed by atoms with Gasteiger partial charge in [-0.2, -0.15) is 4.98 Å². The Morgan fingerprint density at radius 2 is 2.36 bits per heavy atom. The van der Waals surface area contributed by atoms with Gasteiger partial charge >= 0.3 is 6.01 Å². The highest BCUT2D eigenvalue weighted by Crippen LogP contribution is 2.14. The predicted molar refractivity (Wildman–Crippen MR) is 53.2 cm³/mol. The molecule has 0 spiro atoms. The van der Waals surface area contributed by atoms with Gasteiger partial charge in [0.2, 0.25) is 0 Å². The van der Waals surface area contributed by atoms with Crippen LogP contribution in [0.25, 0.3) is 0 Å². The number of anilines is 1. The van der Waals surface area contributed by atoms with Crippen LogP contribution in [0.15, 0.2) is 6.20 Å². The van der Waals surface area contributed by atoms with Crippen LogP contribution in [0.2, 0.25) is 0 Å². The van der Waals surface area contributed by atoms with Crippen LogP contribution < -0.4 is 10.1 Å². The van der Waals surface area contributed by atoms with Crippen LogP contribution in [0.1, 0.15) is 19.0 Å². The molecule has 0 aromatic carbocycles. The molecule has 14 heavy (non-hydrogen) atoms. The third-order valence-corrected chi connectivity index (χ3v) is 1.85. The second kappa shape index (κ2) is 4.76. The Morgan fingerprint density at radius 1 is 1.64 bits per heavy atom. The maximum absolute atomic E-state index is 9.36. The summed E-state index contributed by atoms with van der Waals surface area (Å²) in [5, 5.41) is 12.3. The molecule has 0 fully saturated rings. The largest absolute Gasteiger partial charge is 0.467 e. The minimum Gasteiger partial charge on any atom is -0.467 e. The summed E-state index contributed by atoms with van der Waals surface area (Å²) in [5.41, 5.74) is 1.48. The zero-order valence-electron chi connectivity index (χ0n) is 8.61. The van der Waals surface area contributed by atoms with Crippen molar-refractivity contribution < 1.29 is 9.84 Å². The normalized spacial score (nSPS) is 12.3. The monoisotopic (exact) mass is 197 g/mol. The fraction of sp³-hybridized carbons (Fsp3) is 0.556. The Morgan fingerprint density at radius 3 is 2.86 bits per heavy atom. The lowest BCUT2D eigenvalue weighted by atomic mass is 10.3. The van der Waals surface area contributed by atoms with Gasteiger partial charge in [-0.1, -0.05) is 6.92 Å². The number of methoxy groups -OCH3 is 1. The average molecular weight is 197 g/mol. The number of hydrogen-bond acceptors (Lipinski definition) is 5. The molecular weight excluding hydrogens is 182 g/mol. The molecule has 5 nitrogen and oxygen atoms in total. The van der Waals surface area contributed by atoms with Gasteiger partial charge in [0, 0.05) is 0 Å². The number of aromatic nitrogens is 2. The summed E-state index contributed by atoms with van der Waals surface area (Å²) in [6, 6.07) is 0.332. The molecule has 1 aromatic heterocycles. The lowest BCUT2D eigenvalue weighted by molar-refractivity contribution is 0.199. The number of hydrogen-bond donors (Lipinski definition) is 2. The quantitative estimate of drug-likeness (QED) is 0.703. The van der Waals surface area contributed by atoms with Crippen LogP contribution in [0.4, 0.5) is 5.69 Å². The van der Waals surface area contributed by atoms with Crippen molar-refractivity contribution in [1.29, 1.82) is 0 Å². The molecule has 0 bridgehead atoms. The lowest BCUT2D eigenvalue weighted by Gasteiger charge is -2.13. The minimum absolute atomic E-state index is 0.332. The van der Waals surface area contributed by atoms with E-state index in [-0.39, 0.29) is 0 Å². The summed E-state index contributed by atoms with van der Waals surface area (Å²) >= 11 is 0. The highest BCUT2D eigenvalue weighted by atomic mass is 16.5. The second-order valence-corrected chi connectivity index (χ2v) is 2.92. The number of aryl methyl sites for hydroxylation is 1. The van der Waals surface area contributed by atoms with Gasteiger partial charge in [0.1, 0.15) is 6.23 Å². The molecule has 0 radical (unpaired) electrons. The summed E-state index contributed by atoms with van der Waals surface area (Å²) in [5.74, 6) is 0.